The van der Waals surface area contributed by atoms with Gasteiger partial charge in [-0.05, 0) is 30.3 Å². The summed E-state index contributed by atoms with van der Waals surface area (Å²) in [7, 11) is 1.54. The lowest BCUT2D eigenvalue weighted by atomic mass is 10.2. The number of rotatable bonds is 7. The average Bonchev–Trinajstić information content (AvgIpc) is 3.45. The van der Waals surface area contributed by atoms with Crippen molar-refractivity contribution in [3.05, 3.63) is 72.2 Å². The maximum Gasteiger partial charge on any atom is 0.287 e. The third-order valence-corrected chi connectivity index (χ3v) is 4.91. The number of para-hydroxylation sites is 1. The van der Waals surface area contributed by atoms with Crippen molar-refractivity contribution in [3.8, 4) is 23.0 Å². The highest BCUT2D eigenvalue weighted by molar-refractivity contribution is 5.97. The van der Waals surface area contributed by atoms with Crippen LogP contribution in [0.15, 0.2) is 65.1 Å². The van der Waals surface area contributed by atoms with Gasteiger partial charge < -0.3 is 19.2 Å². The fraction of sp³-hybridized carbons (Fsp3) is 0.130. The van der Waals surface area contributed by atoms with Crippen LogP contribution in [0.1, 0.15) is 10.6 Å². The van der Waals surface area contributed by atoms with E-state index in [4.69, 9.17) is 13.9 Å². The van der Waals surface area contributed by atoms with Crippen LogP contribution < -0.4 is 14.8 Å². The summed E-state index contributed by atoms with van der Waals surface area (Å²) >= 11 is 0. The van der Waals surface area contributed by atoms with Crippen LogP contribution in [0.2, 0.25) is 0 Å². The number of nitrogens with one attached hydrogen (secondary N) is 1. The van der Waals surface area contributed by atoms with Crippen LogP contribution in [0, 0.1) is 5.82 Å². The van der Waals surface area contributed by atoms with Crippen molar-refractivity contribution in [1.82, 2.24) is 25.1 Å². The number of nitrogens with zero attached hydrogens (tertiary/aromatic N) is 4. The Morgan fingerprint density at radius 2 is 2.00 bits per heavy atom. The normalized spacial score (nSPS) is 11.1. The van der Waals surface area contributed by atoms with Crippen LogP contribution in [-0.4, -0.2) is 46.0 Å². The standard InChI is InChI=1S/C23H18FN5O4/c1-31-17-7-3-4-14-13-18(33-21(14)17)23(30)25-10-11-32-20-9-8-19-26-27-22(29(19)28-20)15-5-2-6-16(24)12-15/h2-9,12-13H,10-11H2,1H3,(H,25,30). The molecule has 0 fully saturated rings. The highest BCUT2D eigenvalue weighted by atomic mass is 19.1. The molecule has 0 aliphatic rings. The van der Waals surface area contributed by atoms with Gasteiger partial charge in [-0.25, -0.2) is 4.39 Å². The number of fused-ring (bicyclic) bond motifs is 2. The summed E-state index contributed by atoms with van der Waals surface area (Å²) in [5.74, 6) is 0.690. The van der Waals surface area contributed by atoms with Gasteiger partial charge in [-0.3, -0.25) is 4.79 Å². The van der Waals surface area contributed by atoms with Gasteiger partial charge in [-0.15, -0.1) is 15.3 Å². The first kappa shape index (κ1) is 20.4. The number of hydrogen-bond donors (Lipinski definition) is 1. The van der Waals surface area contributed by atoms with E-state index in [2.05, 4.69) is 20.6 Å². The number of amides is 1. The number of methoxy groups -OCH3 is 1. The molecule has 1 amide bonds. The summed E-state index contributed by atoms with van der Waals surface area (Å²) < 4.78 is 31.6. The van der Waals surface area contributed by atoms with Crippen molar-refractivity contribution in [2.45, 2.75) is 0 Å². The van der Waals surface area contributed by atoms with E-state index in [1.54, 1.807) is 43.5 Å². The second-order valence-electron chi connectivity index (χ2n) is 7.07. The molecule has 0 saturated heterocycles. The van der Waals surface area contributed by atoms with Gasteiger partial charge in [0.15, 0.2) is 28.6 Å². The molecular weight excluding hydrogens is 429 g/mol. The average molecular weight is 447 g/mol. The summed E-state index contributed by atoms with van der Waals surface area (Å²) in [5.41, 5.74) is 1.55. The Kier molecular flexibility index (Phi) is 5.31. The fourth-order valence-electron chi connectivity index (χ4n) is 3.37. The Morgan fingerprint density at radius 3 is 2.85 bits per heavy atom. The van der Waals surface area contributed by atoms with Gasteiger partial charge in [0.1, 0.15) is 12.4 Å². The molecule has 5 aromatic rings. The van der Waals surface area contributed by atoms with E-state index in [1.165, 1.54) is 16.6 Å². The maximum atomic E-state index is 13.6. The summed E-state index contributed by atoms with van der Waals surface area (Å²) in [4.78, 5) is 12.4. The van der Waals surface area contributed by atoms with E-state index < -0.39 is 0 Å². The molecule has 3 aromatic heterocycles. The number of aromatic nitrogens is 4. The number of halogens is 1. The quantitative estimate of drug-likeness (QED) is 0.381. The Labute approximate surface area is 186 Å². The van der Waals surface area contributed by atoms with Crippen molar-refractivity contribution < 1.29 is 23.1 Å². The lowest BCUT2D eigenvalue weighted by Crippen LogP contribution is -2.27. The van der Waals surface area contributed by atoms with E-state index in [0.29, 0.717) is 34.2 Å². The van der Waals surface area contributed by atoms with Gasteiger partial charge in [-0.1, -0.05) is 24.3 Å². The summed E-state index contributed by atoms with van der Waals surface area (Å²) in [6.45, 7) is 0.400. The van der Waals surface area contributed by atoms with E-state index in [0.717, 1.165) is 5.39 Å². The van der Waals surface area contributed by atoms with Gasteiger partial charge in [0.25, 0.3) is 5.91 Å². The molecule has 5 rings (SSSR count). The minimum absolute atomic E-state index is 0.172. The number of benzene rings is 2. The molecule has 0 unspecified atom stereocenters. The predicted molar refractivity (Wildman–Crippen MR) is 117 cm³/mol. The predicted octanol–water partition coefficient (Wildman–Crippen LogP) is 3.49. The minimum atomic E-state index is -0.379. The molecule has 166 valence electrons. The molecule has 0 aliphatic heterocycles. The van der Waals surface area contributed by atoms with Crippen LogP contribution in [0.5, 0.6) is 11.6 Å². The Morgan fingerprint density at radius 1 is 1.12 bits per heavy atom. The van der Waals surface area contributed by atoms with Crippen molar-refractivity contribution in [1.29, 1.82) is 0 Å². The molecule has 10 heteroatoms. The molecule has 33 heavy (non-hydrogen) atoms. The van der Waals surface area contributed by atoms with E-state index >= 15 is 0 Å². The molecule has 2 aromatic carbocycles. The summed E-state index contributed by atoms with van der Waals surface area (Å²) in [6.07, 6.45) is 0. The molecule has 0 atom stereocenters. The first-order valence-corrected chi connectivity index (χ1v) is 10.1. The van der Waals surface area contributed by atoms with Crippen LogP contribution in [0.25, 0.3) is 28.0 Å². The highest BCUT2D eigenvalue weighted by Gasteiger charge is 2.15. The number of ether oxygens (including phenoxy) is 2. The Balaban J connectivity index is 1.23. The fourth-order valence-corrected chi connectivity index (χ4v) is 3.37. The zero-order valence-corrected chi connectivity index (χ0v) is 17.5. The zero-order chi connectivity index (χ0) is 22.8. The second kappa shape index (κ2) is 8.58. The lowest BCUT2D eigenvalue weighted by Gasteiger charge is -2.07. The molecule has 0 aliphatic carbocycles. The molecule has 0 spiro atoms. The molecule has 1 N–H and O–H groups in total. The zero-order valence-electron chi connectivity index (χ0n) is 17.5. The van der Waals surface area contributed by atoms with Gasteiger partial charge in [0.05, 0.1) is 13.7 Å². The third-order valence-electron chi connectivity index (χ3n) is 4.91. The van der Waals surface area contributed by atoms with E-state index in [1.807, 2.05) is 12.1 Å². The van der Waals surface area contributed by atoms with E-state index in [9.17, 15) is 9.18 Å². The molecule has 0 radical (unpaired) electrons. The highest BCUT2D eigenvalue weighted by Crippen LogP contribution is 2.28. The van der Waals surface area contributed by atoms with Crippen LogP contribution in [0.3, 0.4) is 0 Å². The van der Waals surface area contributed by atoms with Crippen molar-refractivity contribution in [2.75, 3.05) is 20.3 Å². The topological polar surface area (TPSA) is 104 Å². The maximum absolute atomic E-state index is 13.6. The van der Waals surface area contributed by atoms with Crippen molar-refractivity contribution >= 4 is 22.5 Å². The minimum Gasteiger partial charge on any atom is -0.493 e. The first-order chi connectivity index (χ1) is 16.1. The first-order valence-electron chi connectivity index (χ1n) is 10.1. The Hall–Kier alpha value is -4.47. The van der Waals surface area contributed by atoms with Crippen LogP contribution in [-0.2, 0) is 0 Å². The Bertz CT molecular complexity index is 1460. The summed E-state index contributed by atoms with van der Waals surface area (Å²) in [6, 6.07) is 16.4. The lowest BCUT2D eigenvalue weighted by molar-refractivity contribution is 0.0921. The number of hydrogen-bond acceptors (Lipinski definition) is 7. The van der Waals surface area contributed by atoms with E-state index in [-0.39, 0.29) is 30.6 Å². The van der Waals surface area contributed by atoms with Gasteiger partial charge >= 0.3 is 0 Å². The van der Waals surface area contributed by atoms with Crippen LogP contribution in [0.4, 0.5) is 4.39 Å². The largest absolute Gasteiger partial charge is 0.493 e. The number of furan rings is 1. The molecule has 0 bridgehead atoms. The SMILES string of the molecule is COc1cccc2cc(C(=O)NCCOc3ccc4nnc(-c5cccc(F)c5)n4n3)oc12. The molecule has 0 saturated carbocycles. The smallest absolute Gasteiger partial charge is 0.287 e. The number of carbonyl (C=O) groups is 1. The van der Waals surface area contributed by atoms with Crippen molar-refractivity contribution in [2.24, 2.45) is 0 Å². The van der Waals surface area contributed by atoms with Crippen molar-refractivity contribution in [3.63, 3.8) is 0 Å². The van der Waals surface area contributed by atoms with Gasteiger partial charge in [-0.2, -0.15) is 4.52 Å². The summed E-state index contributed by atoms with van der Waals surface area (Å²) in [5, 5.41) is 16.0. The second-order valence-corrected chi connectivity index (χ2v) is 7.07. The van der Waals surface area contributed by atoms with Crippen LogP contribution >= 0.6 is 0 Å². The monoisotopic (exact) mass is 447 g/mol. The van der Waals surface area contributed by atoms with Gasteiger partial charge in [0.2, 0.25) is 5.88 Å². The third kappa shape index (κ3) is 4.05. The van der Waals surface area contributed by atoms with Gasteiger partial charge in [0, 0.05) is 17.0 Å². The molecule has 9 nitrogen and oxygen atoms in total. The molecular formula is C23H18FN5O4. The molecule has 3 heterocycles. The number of carbonyl (C=O) groups excluding carboxylic acids is 1.